The Hall–Kier alpha value is -2.65. The molecule has 1 aliphatic rings. The van der Waals surface area contributed by atoms with E-state index in [0.29, 0.717) is 6.54 Å². The minimum atomic E-state index is -4.60. The predicted molar refractivity (Wildman–Crippen MR) is 96.4 cm³/mol. The van der Waals surface area contributed by atoms with E-state index in [1.807, 2.05) is 0 Å². The average Bonchev–Trinajstić information content (AvgIpc) is 2.47. The molecule has 0 atom stereocenters. The molecule has 1 aliphatic heterocycles. The Morgan fingerprint density at radius 1 is 1.18 bits per heavy atom. The number of carbonyl (C=O) groups excluding carboxylic acids is 2. The summed E-state index contributed by atoms with van der Waals surface area (Å²) in [5, 5.41) is 4.78. The van der Waals surface area contributed by atoms with Crippen molar-refractivity contribution < 1.29 is 32.2 Å². The van der Waals surface area contributed by atoms with Crippen molar-refractivity contribution in [3.05, 3.63) is 23.8 Å². The lowest BCUT2D eigenvalue weighted by atomic mass is 10.1. The third-order valence-electron chi connectivity index (χ3n) is 3.63. The molecule has 0 bridgehead atoms. The minimum absolute atomic E-state index is 0.0425. The van der Waals surface area contributed by atoms with Gasteiger partial charge in [0, 0.05) is 18.3 Å². The number of halogens is 3. The van der Waals surface area contributed by atoms with Crippen LogP contribution in [0.3, 0.4) is 0 Å². The fourth-order valence-electron chi connectivity index (χ4n) is 2.42. The molecule has 0 aliphatic carbocycles. The second-order valence-corrected chi connectivity index (χ2v) is 7.35. The maximum absolute atomic E-state index is 13.1. The second-order valence-electron chi connectivity index (χ2n) is 7.35. The first-order valence-corrected chi connectivity index (χ1v) is 8.79. The molecule has 2 rings (SSSR count). The van der Waals surface area contributed by atoms with Gasteiger partial charge in [0.25, 0.3) is 0 Å². The second kappa shape index (κ2) is 8.15. The van der Waals surface area contributed by atoms with Gasteiger partial charge in [-0.2, -0.15) is 13.2 Å². The van der Waals surface area contributed by atoms with Crippen molar-refractivity contribution in [3.8, 4) is 5.75 Å². The monoisotopic (exact) mass is 403 g/mol. The molecule has 1 heterocycles. The van der Waals surface area contributed by atoms with E-state index in [-0.39, 0.29) is 24.5 Å². The summed E-state index contributed by atoms with van der Waals surface area (Å²) in [7, 11) is 0. The normalized spacial score (nSPS) is 14.9. The number of nitrogens with one attached hydrogen (secondary N) is 2. The Bertz CT molecular complexity index is 726. The number of rotatable bonds is 4. The lowest BCUT2D eigenvalue weighted by molar-refractivity contribution is -0.137. The molecular weight excluding hydrogens is 379 g/mol. The van der Waals surface area contributed by atoms with Crippen molar-refractivity contribution in [2.45, 2.75) is 45.6 Å². The van der Waals surface area contributed by atoms with Crippen LogP contribution in [0.1, 0.15) is 33.3 Å². The van der Waals surface area contributed by atoms with E-state index in [1.165, 1.54) is 11.0 Å². The molecule has 1 fully saturated rings. The molecule has 1 aromatic carbocycles. The number of hydrogen-bond acceptors (Lipinski definition) is 4. The summed E-state index contributed by atoms with van der Waals surface area (Å²) >= 11 is 0. The largest absolute Gasteiger partial charge is 0.487 e. The van der Waals surface area contributed by atoms with Crippen LogP contribution in [0.2, 0.25) is 0 Å². The quantitative estimate of drug-likeness (QED) is 0.801. The van der Waals surface area contributed by atoms with Crippen molar-refractivity contribution in [3.63, 3.8) is 0 Å². The van der Waals surface area contributed by atoms with Crippen LogP contribution in [-0.2, 0) is 10.9 Å². The summed E-state index contributed by atoms with van der Waals surface area (Å²) in [4.78, 5) is 24.9. The van der Waals surface area contributed by atoms with E-state index >= 15 is 0 Å². The minimum Gasteiger partial charge on any atom is -0.487 e. The summed E-state index contributed by atoms with van der Waals surface area (Å²) in [5.41, 5.74) is -1.62. The summed E-state index contributed by atoms with van der Waals surface area (Å²) in [5.74, 6) is -0.0459. The number of likely N-dealkylation sites (tertiary alicyclic amines) is 1. The number of benzene rings is 1. The van der Waals surface area contributed by atoms with Crippen LogP contribution in [0.25, 0.3) is 0 Å². The number of carbonyl (C=O) groups is 2. The zero-order valence-electron chi connectivity index (χ0n) is 16.1. The maximum atomic E-state index is 13.1. The number of amides is 3. The van der Waals surface area contributed by atoms with Gasteiger partial charge in [0.05, 0.1) is 18.7 Å². The molecule has 10 heteroatoms. The Labute approximate surface area is 161 Å². The van der Waals surface area contributed by atoms with E-state index in [1.54, 1.807) is 27.7 Å². The van der Waals surface area contributed by atoms with E-state index in [0.717, 1.165) is 12.1 Å². The number of urea groups is 1. The summed E-state index contributed by atoms with van der Waals surface area (Å²) in [6.45, 7) is 7.64. The third kappa shape index (κ3) is 6.21. The van der Waals surface area contributed by atoms with Gasteiger partial charge in [0.15, 0.2) is 0 Å². The molecule has 0 spiro atoms. The zero-order valence-corrected chi connectivity index (χ0v) is 16.1. The smallest absolute Gasteiger partial charge is 0.416 e. The van der Waals surface area contributed by atoms with E-state index < -0.39 is 35.6 Å². The van der Waals surface area contributed by atoms with Gasteiger partial charge in [-0.05, 0) is 39.8 Å². The lowest BCUT2D eigenvalue weighted by Gasteiger charge is -2.39. The first-order valence-electron chi connectivity index (χ1n) is 8.79. The van der Waals surface area contributed by atoms with Gasteiger partial charge in [-0.15, -0.1) is 0 Å². The van der Waals surface area contributed by atoms with Gasteiger partial charge in [0.2, 0.25) is 0 Å². The van der Waals surface area contributed by atoms with Crippen molar-refractivity contribution in [2.75, 3.05) is 25.0 Å². The highest BCUT2D eigenvalue weighted by molar-refractivity contribution is 5.89. The molecule has 0 saturated carbocycles. The van der Waals surface area contributed by atoms with E-state index in [9.17, 15) is 22.8 Å². The van der Waals surface area contributed by atoms with Crippen molar-refractivity contribution in [1.82, 2.24) is 10.2 Å². The van der Waals surface area contributed by atoms with Crippen LogP contribution in [0.5, 0.6) is 5.75 Å². The molecular formula is C18H24F3N3O4. The van der Waals surface area contributed by atoms with Gasteiger partial charge >= 0.3 is 18.3 Å². The van der Waals surface area contributed by atoms with Crippen molar-refractivity contribution in [1.29, 1.82) is 0 Å². The lowest BCUT2D eigenvalue weighted by Crippen LogP contribution is -2.57. The molecule has 3 amide bonds. The summed E-state index contributed by atoms with van der Waals surface area (Å²) < 4.78 is 50.2. The standard InChI is InChI=1S/C18H24F3N3O4/c1-5-22-15(25)23-12-6-11(18(19,20)21)7-13(8-12)27-14-9-24(10-14)16(26)28-17(2,3)4/h6-8,14H,5,9-10H2,1-4H3,(H2,22,23,25). The maximum Gasteiger partial charge on any atom is 0.416 e. The Kier molecular flexibility index (Phi) is 6.30. The van der Waals surface area contributed by atoms with Gasteiger partial charge in [-0.25, -0.2) is 9.59 Å². The topological polar surface area (TPSA) is 79.9 Å². The molecule has 28 heavy (non-hydrogen) atoms. The molecule has 1 aromatic rings. The van der Waals surface area contributed by atoms with E-state index in [2.05, 4.69) is 10.6 Å². The number of nitrogens with zero attached hydrogens (tertiary/aromatic N) is 1. The number of hydrogen-bond donors (Lipinski definition) is 2. The number of alkyl halides is 3. The molecule has 0 radical (unpaired) electrons. The molecule has 7 nitrogen and oxygen atoms in total. The van der Waals surface area contributed by atoms with Crippen molar-refractivity contribution >= 4 is 17.8 Å². The Balaban J connectivity index is 2.05. The SMILES string of the molecule is CCNC(=O)Nc1cc(OC2CN(C(=O)OC(C)(C)C)C2)cc(C(F)(F)F)c1. The van der Waals surface area contributed by atoms with Crippen LogP contribution in [0.15, 0.2) is 18.2 Å². The Morgan fingerprint density at radius 3 is 2.36 bits per heavy atom. The van der Waals surface area contributed by atoms with E-state index in [4.69, 9.17) is 9.47 Å². The average molecular weight is 403 g/mol. The van der Waals surface area contributed by atoms with Crippen LogP contribution in [0.4, 0.5) is 28.4 Å². The molecule has 2 N–H and O–H groups in total. The first-order chi connectivity index (χ1) is 12.9. The number of anilines is 1. The van der Waals surface area contributed by atoms with Crippen LogP contribution < -0.4 is 15.4 Å². The highest BCUT2D eigenvalue weighted by Crippen LogP contribution is 2.35. The highest BCUT2D eigenvalue weighted by atomic mass is 19.4. The number of ether oxygens (including phenoxy) is 2. The zero-order chi connectivity index (χ0) is 21.1. The summed E-state index contributed by atoms with van der Waals surface area (Å²) in [6, 6.07) is 2.38. The van der Waals surface area contributed by atoms with Gasteiger partial charge in [-0.1, -0.05) is 0 Å². The third-order valence-corrected chi connectivity index (χ3v) is 3.63. The molecule has 0 unspecified atom stereocenters. The summed E-state index contributed by atoms with van der Waals surface area (Å²) in [6.07, 6.45) is -5.57. The molecule has 0 aromatic heterocycles. The molecule has 1 saturated heterocycles. The van der Waals surface area contributed by atoms with Gasteiger partial charge in [-0.3, -0.25) is 0 Å². The van der Waals surface area contributed by atoms with Crippen LogP contribution in [0, 0.1) is 0 Å². The van der Waals surface area contributed by atoms with Crippen LogP contribution in [-0.4, -0.2) is 48.4 Å². The van der Waals surface area contributed by atoms with Crippen molar-refractivity contribution in [2.24, 2.45) is 0 Å². The van der Waals surface area contributed by atoms with Gasteiger partial charge in [0.1, 0.15) is 17.5 Å². The fourth-order valence-corrected chi connectivity index (χ4v) is 2.42. The Morgan fingerprint density at radius 2 is 1.82 bits per heavy atom. The predicted octanol–water partition coefficient (Wildman–Crippen LogP) is 3.84. The van der Waals surface area contributed by atoms with Crippen LogP contribution >= 0.6 is 0 Å². The first kappa shape index (κ1) is 21.6. The fraction of sp³-hybridized carbons (Fsp3) is 0.556. The highest BCUT2D eigenvalue weighted by Gasteiger charge is 2.36. The molecule has 156 valence electrons. The van der Waals surface area contributed by atoms with Gasteiger partial charge < -0.3 is 25.0 Å².